The van der Waals surface area contributed by atoms with E-state index in [0.29, 0.717) is 15.3 Å². The summed E-state index contributed by atoms with van der Waals surface area (Å²) >= 11 is 1.36. The van der Waals surface area contributed by atoms with Crippen molar-refractivity contribution in [1.29, 1.82) is 0 Å². The summed E-state index contributed by atoms with van der Waals surface area (Å²) in [5, 5.41) is 8.38. The third-order valence-electron chi connectivity index (χ3n) is 4.27. The lowest BCUT2D eigenvalue weighted by atomic mass is 10.1. The molecule has 0 aliphatic rings. The van der Waals surface area contributed by atoms with Crippen molar-refractivity contribution >= 4 is 28.1 Å². The number of benzene rings is 2. The first-order valence-corrected chi connectivity index (χ1v) is 9.09. The van der Waals surface area contributed by atoms with E-state index in [1.54, 1.807) is 4.40 Å². The molecule has 2 aromatic carbocycles. The van der Waals surface area contributed by atoms with Crippen LogP contribution in [0.25, 0.3) is 22.4 Å². The smallest absolute Gasteiger partial charge is 0.276 e. The molecule has 0 saturated heterocycles. The van der Waals surface area contributed by atoms with Gasteiger partial charge in [0.1, 0.15) is 0 Å². The molecule has 0 spiro atoms. The van der Waals surface area contributed by atoms with Gasteiger partial charge in [-0.15, -0.1) is 10.2 Å². The van der Waals surface area contributed by atoms with Crippen LogP contribution < -0.4 is 15.0 Å². The third kappa shape index (κ3) is 2.88. The van der Waals surface area contributed by atoms with Gasteiger partial charge in [0.15, 0.2) is 5.82 Å². The van der Waals surface area contributed by atoms with Gasteiger partial charge in [-0.3, -0.25) is 4.79 Å². The number of hydrogen-bond acceptors (Lipinski definition) is 5. The number of thiazole rings is 1. The van der Waals surface area contributed by atoms with Gasteiger partial charge in [0.2, 0.25) is 4.96 Å². The summed E-state index contributed by atoms with van der Waals surface area (Å²) < 4.78 is 2.25. The fraction of sp³-hybridized carbons (Fsp3) is 0.150. The summed E-state index contributed by atoms with van der Waals surface area (Å²) in [4.78, 5) is 15.5. The van der Waals surface area contributed by atoms with Crippen LogP contribution in [0.5, 0.6) is 0 Å². The zero-order valence-corrected chi connectivity index (χ0v) is 15.6. The molecule has 0 atom stereocenters. The van der Waals surface area contributed by atoms with E-state index < -0.39 is 0 Å². The maximum absolute atomic E-state index is 12.9. The molecule has 0 fully saturated rings. The van der Waals surface area contributed by atoms with Crippen LogP contribution in [0.1, 0.15) is 11.1 Å². The van der Waals surface area contributed by atoms with Crippen LogP contribution in [0, 0.1) is 6.92 Å². The van der Waals surface area contributed by atoms with Gasteiger partial charge < -0.3 is 4.90 Å². The molecule has 0 N–H and O–H groups in total. The maximum Gasteiger partial charge on any atom is 0.276 e. The van der Waals surface area contributed by atoms with Crippen molar-refractivity contribution < 1.29 is 0 Å². The third-order valence-corrected chi connectivity index (χ3v) is 5.22. The van der Waals surface area contributed by atoms with Crippen LogP contribution in [0.3, 0.4) is 0 Å². The molecule has 0 unspecified atom stereocenters. The zero-order valence-electron chi connectivity index (χ0n) is 14.8. The Kier molecular flexibility index (Phi) is 4.05. The van der Waals surface area contributed by atoms with E-state index in [4.69, 9.17) is 0 Å². The second-order valence-electron chi connectivity index (χ2n) is 6.41. The summed E-state index contributed by atoms with van der Waals surface area (Å²) in [5.41, 5.74) is 4.08. The number of aryl methyl sites for hydroxylation is 1. The molecular weight excluding hydrogens is 344 g/mol. The van der Waals surface area contributed by atoms with E-state index in [2.05, 4.69) is 10.2 Å². The highest BCUT2D eigenvalue weighted by Gasteiger charge is 2.13. The Hall–Kier alpha value is -2.99. The Morgan fingerprint density at radius 2 is 1.69 bits per heavy atom. The van der Waals surface area contributed by atoms with Gasteiger partial charge in [-0.05, 0) is 30.7 Å². The molecule has 0 saturated carbocycles. The Morgan fingerprint density at radius 3 is 2.35 bits per heavy atom. The Bertz CT molecular complexity index is 1170. The highest BCUT2D eigenvalue weighted by atomic mass is 32.1. The monoisotopic (exact) mass is 362 g/mol. The van der Waals surface area contributed by atoms with Gasteiger partial charge in [-0.25, -0.2) is 4.40 Å². The summed E-state index contributed by atoms with van der Waals surface area (Å²) in [5.74, 6) is 0.587. The molecule has 26 heavy (non-hydrogen) atoms. The van der Waals surface area contributed by atoms with Crippen LogP contribution in [0.2, 0.25) is 0 Å². The van der Waals surface area contributed by atoms with Crippen LogP contribution in [0.4, 0.5) is 5.69 Å². The van der Waals surface area contributed by atoms with Crippen molar-refractivity contribution in [3.05, 3.63) is 74.5 Å². The summed E-state index contributed by atoms with van der Waals surface area (Å²) in [6.07, 6.45) is 1.90. The van der Waals surface area contributed by atoms with Crippen molar-refractivity contribution in [3.63, 3.8) is 0 Å². The average molecular weight is 362 g/mol. The highest BCUT2D eigenvalue weighted by Crippen LogP contribution is 2.18. The molecule has 2 aromatic heterocycles. The van der Waals surface area contributed by atoms with Gasteiger partial charge in [-0.1, -0.05) is 53.3 Å². The van der Waals surface area contributed by atoms with Crippen LogP contribution in [-0.4, -0.2) is 28.7 Å². The van der Waals surface area contributed by atoms with Gasteiger partial charge in [0, 0.05) is 25.3 Å². The van der Waals surface area contributed by atoms with Crippen molar-refractivity contribution in [3.8, 4) is 11.4 Å². The standard InChI is InChI=1S/C20H18N4OS/c1-13-4-8-15(9-5-13)18-21-22-20-24(18)19(25)17(26-20)12-14-6-10-16(11-7-14)23(2)3/h4-12H,1-3H3/b17-12+. The Labute approximate surface area is 154 Å². The Balaban J connectivity index is 1.81. The van der Waals surface area contributed by atoms with Gasteiger partial charge in [-0.2, -0.15) is 0 Å². The zero-order chi connectivity index (χ0) is 18.3. The minimum atomic E-state index is -0.0812. The van der Waals surface area contributed by atoms with E-state index in [9.17, 15) is 4.79 Å². The number of hydrogen-bond donors (Lipinski definition) is 0. The number of anilines is 1. The lowest BCUT2D eigenvalue weighted by Gasteiger charge is -2.11. The molecule has 0 radical (unpaired) electrons. The molecule has 5 nitrogen and oxygen atoms in total. The molecule has 0 aliphatic carbocycles. The highest BCUT2D eigenvalue weighted by molar-refractivity contribution is 7.15. The minimum absolute atomic E-state index is 0.0812. The first kappa shape index (κ1) is 16.5. The molecular formula is C20H18N4OS. The van der Waals surface area contributed by atoms with Gasteiger partial charge in [0.25, 0.3) is 5.56 Å². The van der Waals surface area contributed by atoms with Crippen LogP contribution in [0.15, 0.2) is 53.3 Å². The quantitative estimate of drug-likeness (QED) is 0.562. The Morgan fingerprint density at radius 1 is 1.00 bits per heavy atom. The number of fused-ring (bicyclic) bond motifs is 1. The first-order chi connectivity index (χ1) is 12.5. The lowest BCUT2D eigenvalue weighted by Crippen LogP contribution is -2.23. The van der Waals surface area contributed by atoms with Gasteiger partial charge in [0.05, 0.1) is 4.53 Å². The second kappa shape index (κ2) is 6.38. The lowest BCUT2D eigenvalue weighted by molar-refractivity contribution is 1.09. The molecule has 0 aliphatic heterocycles. The molecule has 0 bridgehead atoms. The molecule has 0 amide bonds. The van der Waals surface area contributed by atoms with E-state index in [-0.39, 0.29) is 5.56 Å². The van der Waals surface area contributed by atoms with Crippen LogP contribution in [-0.2, 0) is 0 Å². The fourth-order valence-electron chi connectivity index (χ4n) is 2.77. The average Bonchev–Trinajstić information content (AvgIpc) is 3.17. The van der Waals surface area contributed by atoms with Crippen molar-refractivity contribution in [2.45, 2.75) is 6.92 Å². The molecule has 6 heteroatoms. The van der Waals surface area contributed by atoms with E-state index in [1.165, 1.54) is 11.3 Å². The normalized spacial score (nSPS) is 12.0. The molecule has 4 rings (SSSR count). The topological polar surface area (TPSA) is 50.5 Å². The molecule has 130 valence electrons. The van der Waals surface area contributed by atoms with E-state index >= 15 is 0 Å². The first-order valence-electron chi connectivity index (χ1n) is 8.27. The second-order valence-corrected chi connectivity index (χ2v) is 7.42. The van der Waals surface area contributed by atoms with Crippen molar-refractivity contribution in [1.82, 2.24) is 14.6 Å². The van der Waals surface area contributed by atoms with E-state index in [1.807, 2.05) is 80.5 Å². The largest absolute Gasteiger partial charge is 0.378 e. The summed E-state index contributed by atoms with van der Waals surface area (Å²) in [6.45, 7) is 2.03. The summed E-state index contributed by atoms with van der Waals surface area (Å²) in [7, 11) is 4.00. The van der Waals surface area contributed by atoms with Crippen LogP contribution >= 0.6 is 11.3 Å². The van der Waals surface area contributed by atoms with Gasteiger partial charge >= 0.3 is 0 Å². The maximum atomic E-state index is 12.9. The molecule has 4 aromatic rings. The summed E-state index contributed by atoms with van der Waals surface area (Å²) in [6, 6.07) is 16.0. The predicted molar refractivity (Wildman–Crippen MR) is 107 cm³/mol. The fourth-order valence-corrected chi connectivity index (χ4v) is 3.68. The van der Waals surface area contributed by atoms with E-state index in [0.717, 1.165) is 22.4 Å². The van der Waals surface area contributed by atoms with Crippen molar-refractivity contribution in [2.75, 3.05) is 19.0 Å². The number of rotatable bonds is 3. The molecule has 2 heterocycles. The number of nitrogens with zero attached hydrogens (tertiary/aromatic N) is 4. The minimum Gasteiger partial charge on any atom is -0.378 e. The SMILES string of the molecule is Cc1ccc(-c2nnc3s/c(=C/c4ccc(N(C)C)cc4)c(=O)n23)cc1. The predicted octanol–water partition coefficient (Wildman–Crippen LogP) is 2.74. The van der Waals surface area contributed by atoms with Crippen molar-refractivity contribution in [2.24, 2.45) is 0 Å². The number of aromatic nitrogens is 3.